The van der Waals surface area contributed by atoms with E-state index in [1.807, 2.05) is 4.83 Å². The minimum atomic E-state index is -3.80. The van der Waals surface area contributed by atoms with E-state index in [1.165, 1.54) is 18.2 Å². The van der Waals surface area contributed by atoms with E-state index in [2.05, 4.69) is 21.0 Å². The molecule has 1 aromatic heterocycles. The van der Waals surface area contributed by atoms with Crippen molar-refractivity contribution in [3.8, 4) is 0 Å². The molecule has 8 nitrogen and oxygen atoms in total. The highest BCUT2D eigenvalue weighted by molar-refractivity contribution is 9.10. The Kier molecular flexibility index (Phi) is 4.38. The first-order chi connectivity index (χ1) is 9.88. The van der Waals surface area contributed by atoms with Gasteiger partial charge in [0.2, 0.25) is 0 Å². The summed E-state index contributed by atoms with van der Waals surface area (Å²) in [5, 5.41) is 13.9. The summed E-state index contributed by atoms with van der Waals surface area (Å²) in [4.78, 5) is 11.7. The van der Waals surface area contributed by atoms with Crippen LogP contribution in [0, 0.1) is 10.1 Å². The molecular weight excluding hydrogens is 366 g/mol. The van der Waals surface area contributed by atoms with Gasteiger partial charge in [-0.25, -0.2) is 0 Å². The number of nitrogens with zero attached hydrogens (tertiary/aromatic N) is 2. The van der Waals surface area contributed by atoms with Crippen molar-refractivity contribution in [2.45, 2.75) is 4.90 Å². The van der Waals surface area contributed by atoms with Gasteiger partial charge in [-0.1, -0.05) is 15.9 Å². The second-order valence-electron chi connectivity index (χ2n) is 3.74. The van der Waals surface area contributed by atoms with E-state index in [0.29, 0.717) is 0 Å². The van der Waals surface area contributed by atoms with Crippen LogP contribution in [0.3, 0.4) is 0 Å². The predicted molar refractivity (Wildman–Crippen MR) is 77.4 cm³/mol. The van der Waals surface area contributed by atoms with Gasteiger partial charge >= 0.3 is 5.88 Å². The van der Waals surface area contributed by atoms with Gasteiger partial charge in [0.1, 0.15) is 4.92 Å². The summed E-state index contributed by atoms with van der Waals surface area (Å²) in [5.74, 6) is -0.396. The lowest BCUT2D eigenvalue weighted by molar-refractivity contribution is -0.402. The average Bonchev–Trinajstić information content (AvgIpc) is 2.88. The van der Waals surface area contributed by atoms with Gasteiger partial charge in [-0.15, -0.1) is 0 Å². The van der Waals surface area contributed by atoms with Crippen LogP contribution in [0.5, 0.6) is 0 Å². The molecule has 21 heavy (non-hydrogen) atoms. The van der Waals surface area contributed by atoms with Crippen LogP contribution < -0.4 is 4.83 Å². The van der Waals surface area contributed by atoms with E-state index in [-0.39, 0.29) is 10.7 Å². The molecule has 0 amide bonds. The number of benzene rings is 1. The fraction of sp³-hybridized carbons (Fsp3) is 0. The standard InChI is InChI=1S/C11H8BrN3O5S/c12-8-1-4-10(5-2-8)21(18,19)14-13-7-9-3-6-11(20-9)15(16)17/h1-7,14H/b13-7-. The lowest BCUT2D eigenvalue weighted by atomic mass is 10.4. The second kappa shape index (κ2) is 6.06. The van der Waals surface area contributed by atoms with Crippen LogP contribution in [0.15, 0.2) is 55.3 Å². The molecule has 110 valence electrons. The van der Waals surface area contributed by atoms with Gasteiger partial charge in [-0.2, -0.15) is 18.4 Å². The Morgan fingerprint density at radius 3 is 2.48 bits per heavy atom. The maximum Gasteiger partial charge on any atom is 0.433 e. The van der Waals surface area contributed by atoms with Crippen molar-refractivity contribution in [1.29, 1.82) is 0 Å². The van der Waals surface area contributed by atoms with Crippen LogP contribution >= 0.6 is 15.9 Å². The molecule has 0 aliphatic carbocycles. The van der Waals surface area contributed by atoms with E-state index >= 15 is 0 Å². The van der Waals surface area contributed by atoms with Gasteiger partial charge < -0.3 is 4.42 Å². The van der Waals surface area contributed by atoms with Crippen LogP contribution in [0.1, 0.15) is 5.76 Å². The zero-order valence-corrected chi connectivity index (χ0v) is 12.7. The Balaban J connectivity index is 2.08. The minimum absolute atomic E-state index is 0.0354. The fourth-order valence-corrected chi connectivity index (χ4v) is 2.39. The van der Waals surface area contributed by atoms with Crippen molar-refractivity contribution in [1.82, 2.24) is 4.83 Å². The molecule has 0 aliphatic heterocycles. The number of halogens is 1. The zero-order valence-electron chi connectivity index (χ0n) is 10.3. The van der Waals surface area contributed by atoms with Crippen molar-refractivity contribution in [3.05, 3.63) is 56.7 Å². The lowest BCUT2D eigenvalue weighted by Crippen LogP contribution is -2.18. The number of hydrazone groups is 1. The first-order valence-corrected chi connectivity index (χ1v) is 7.71. The van der Waals surface area contributed by atoms with Gasteiger partial charge in [0, 0.05) is 4.47 Å². The summed E-state index contributed by atoms with van der Waals surface area (Å²) < 4.78 is 29.3. The largest absolute Gasteiger partial charge is 0.433 e. The third kappa shape index (κ3) is 3.89. The van der Waals surface area contributed by atoms with Crippen LogP contribution in [-0.2, 0) is 10.0 Å². The lowest BCUT2D eigenvalue weighted by Gasteiger charge is -2.02. The maximum absolute atomic E-state index is 11.9. The number of hydrogen-bond donors (Lipinski definition) is 1. The van der Waals surface area contributed by atoms with Crippen LogP contribution in [0.4, 0.5) is 5.88 Å². The molecule has 0 spiro atoms. The quantitative estimate of drug-likeness (QED) is 0.490. The Morgan fingerprint density at radius 1 is 1.24 bits per heavy atom. The Bertz CT molecular complexity index is 782. The van der Waals surface area contributed by atoms with Gasteiger partial charge in [0.15, 0.2) is 5.76 Å². The second-order valence-corrected chi connectivity index (χ2v) is 6.32. The molecule has 2 aromatic rings. The first kappa shape index (κ1) is 15.2. The highest BCUT2D eigenvalue weighted by Gasteiger charge is 2.13. The summed E-state index contributed by atoms with van der Waals surface area (Å²) >= 11 is 3.20. The Labute approximate surface area is 127 Å². The predicted octanol–water partition coefficient (Wildman–Crippen LogP) is 2.26. The topological polar surface area (TPSA) is 115 Å². The number of nitrogens with one attached hydrogen (secondary N) is 1. The monoisotopic (exact) mass is 373 g/mol. The van der Waals surface area contributed by atoms with Crippen molar-refractivity contribution < 1.29 is 17.8 Å². The minimum Gasteiger partial charge on any atom is -0.400 e. The summed E-state index contributed by atoms with van der Waals surface area (Å²) in [5.41, 5.74) is 0. The summed E-state index contributed by atoms with van der Waals surface area (Å²) in [6.07, 6.45) is 1.03. The molecule has 0 fully saturated rings. The van der Waals surface area contributed by atoms with Gasteiger partial charge in [0.25, 0.3) is 10.0 Å². The molecular formula is C11H8BrN3O5S. The van der Waals surface area contributed by atoms with Crippen molar-refractivity contribution >= 4 is 38.1 Å². The molecule has 0 radical (unpaired) electrons. The highest BCUT2D eigenvalue weighted by Crippen LogP contribution is 2.15. The first-order valence-electron chi connectivity index (χ1n) is 5.43. The molecule has 0 atom stereocenters. The van der Waals surface area contributed by atoms with Crippen LogP contribution in [-0.4, -0.2) is 19.6 Å². The molecule has 1 N–H and O–H groups in total. The molecule has 0 saturated carbocycles. The number of sulfonamides is 1. The molecule has 0 saturated heterocycles. The third-order valence-electron chi connectivity index (χ3n) is 2.28. The molecule has 0 aliphatic rings. The third-order valence-corrected chi connectivity index (χ3v) is 4.05. The SMILES string of the molecule is O=[N+]([O-])c1ccc(/C=N\NS(=O)(=O)c2ccc(Br)cc2)o1. The number of furan rings is 1. The van der Waals surface area contributed by atoms with Crippen molar-refractivity contribution in [2.75, 3.05) is 0 Å². The van der Waals surface area contributed by atoms with E-state index in [0.717, 1.165) is 16.8 Å². The zero-order chi connectivity index (χ0) is 15.5. The average molecular weight is 374 g/mol. The summed E-state index contributed by atoms with van der Waals surface area (Å²) in [6.45, 7) is 0. The van der Waals surface area contributed by atoms with Gasteiger partial charge in [0.05, 0.1) is 17.2 Å². The maximum atomic E-state index is 11.9. The normalized spacial score (nSPS) is 11.7. The summed E-state index contributed by atoms with van der Waals surface area (Å²) in [6, 6.07) is 8.40. The molecule has 1 heterocycles. The highest BCUT2D eigenvalue weighted by atomic mass is 79.9. The smallest absolute Gasteiger partial charge is 0.400 e. The van der Waals surface area contributed by atoms with Crippen molar-refractivity contribution in [3.63, 3.8) is 0 Å². The van der Waals surface area contributed by atoms with Crippen LogP contribution in [0.25, 0.3) is 0 Å². The Hall–Kier alpha value is -2.20. The molecule has 0 bridgehead atoms. The van der Waals surface area contributed by atoms with E-state index < -0.39 is 20.8 Å². The number of rotatable bonds is 5. The van der Waals surface area contributed by atoms with E-state index in [4.69, 9.17) is 4.42 Å². The Morgan fingerprint density at radius 2 is 1.90 bits per heavy atom. The molecule has 10 heteroatoms. The number of hydrogen-bond acceptors (Lipinski definition) is 6. The molecule has 1 aromatic carbocycles. The molecule has 0 unspecified atom stereocenters. The summed E-state index contributed by atoms with van der Waals surface area (Å²) in [7, 11) is -3.80. The van der Waals surface area contributed by atoms with E-state index in [9.17, 15) is 18.5 Å². The van der Waals surface area contributed by atoms with Crippen LogP contribution in [0.2, 0.25) is 0 Å². The fourth-order valence-electron chi connectivity index (χ4n) is 1.34. The van der Waals surface area contributed by atoms with Gasteiger partial charge in [-0.05, 0) is 30.3 Å². The molecule has 2 rings (SSSR count). The van der Waals surface area contributed by atoms with Gasteiger partial charge in [-0.3, -0.25) is 10.1 Å². The number of nitro groups is 1. The van der Waals surface area contributed by atoms with E-state index in [1.54, 1.807) is 12.1 Å². The van der Waals surface area contributed by atoms with Crippen molar-refractivity contribution in [2.24, 2.45) is 5.10 Å².